The number of esters is 1. The third-order valence-corrected chi connectivity index (χ3v) is 2.32. The molecule has 0 saturated heterocycles. The Balaban J connectivity index is 2.71. The van der Waals surface area contributed by atoms with Crippen LogP contribution in [-0.2, 0) is 9.47 Å². The van der Waals surface area contributed by atoms with Crippen LogP contribution >= 0.6 is 11.6 Å². The second-order valence-electron chi connectivity index (χ2n) is 3.11. The van der Waals surface area contributed by atoms with Crippen molar-refractivity contribution in [3.05, 3.63) is 28.8 Å². The smallest absolute Gasteiger partial charge is 0.337 e. The van der Waals surface area contributed by atoms with Gasteiger partial charge in [-0.15, -0.1) is 0 Å². The molecule has 1 aromatic rings. The summed E-state index contributed by atoms with van der Waals surface area (Å²) in [5.41, 5.74) is 1.20. The summed E-state index contributed by atoms with van der Waals surface area (Å²) in [5.74, 6) is -0.398. The lowest BCUT2D eigenvalue weighted by Crippen LogP contribution is -2.08. The van der Waals surface area contributed by atoms with E-state index in [1.165, 1.54) is 7.11 Å². The van der Waals surface area contributed by atoms with Gasteiger partial charge in [0.05, 0.1) is 30.0 Å². The first-order chi connectivity index (χ1) is 7.69. The van der Waals surface area contributed by atoms with Gasteiger partial charge >= 0.3 is 5.97 Å². The SMILES string of the molecule is COCCNc1ccc(C(=O)OC)cc1Cl. The van der Waals surface area contributed by atoms with Crippen molar-refractivity contribution < 1.29 is 14.3 Å². The molecule has 4 nitrogen and oxygen atoms in total. The second kappa shape index (κ2) is 6.35. The zero-order chi connectivity index (χ0) is 12.0. The number of hydrogen-bond donors (Lipinski definition) is 1. The van der Waals surface area contributed by atoms with Gasteiger partial charge in [-0.3, -0.25) is 0 Å². The van der Waals surface area contributed by atoms with Gasteiger partial charge in [-0.2, -0.15) is 0 Å². The van der Waals surface area contributed by atoms with E-state index in [4.69, 9.17) is 16.3 Å². The first kappa shape index (κ1) is 12.8. The number of rotatable bonds is 5. The van der Waals surface area contributed by atoms with E-state index < -0.39 is 5.97 Å². The summed E-state index contributed by atoms with van der Waals surface area (Å²) >= 11 is 6.00. The average Bonchev–Trinajstić information content (AvgIpc) is 2.30. The predicted molar refractivity (Wildman–Crippen MR) is 63.2 cm³/mol. The van der Waals surface area contributed by atoms with E-state index in [9.17, 15) is 4.79 Å². The number of carbonyl (C=O) groups is 1. The Labute approximate surface area is 99.5 Å². The van der Waals surface area contributed by atoms with Crippen LogP contribution in [0.5, 0.6) is 0 Å². The Bertz CT molecular complexity index is 368. The van der Waals surface area contributed by atoms with Crippen molar-refractivity contribution in [1.29, 1.82) is 0 Å². The first-order valence-electron chi connectivity index (χ1n) is 4.79. The van der Waals surface area contributed by atoms with E-state index >= 15 is 0 Å². The molecule has 1 N–H and O–H groups in total. The summed E-state index contributed by atoms with van der Waals surface area (Å²) in [4.78, 5) is 11.2. The molecular weight excluding hydrogens is 230 g/mol. The maximum atomic E-state index is 11.2. The standard InChI is InChI=1S/C11H14ClNO3/c1-15-6-5-13-10-4-3-8(7-9(10)12)11(14)16-2/h3-4,7,13H,5-6H2,1-2H3. The molecule has 0 radical (unpaired) electrons. The van der Waals surface area contributed by atoms with E-state index in [1.54, 1.807) is 25.3 Å². The third-order valence-electron chi connectivity index (χ3n) is 2.01. The maximum Gasteiger partial charge on any atom is 0.337 e. The minimum atomic E-state index is -0.398. The van der Waals surface area contributed by atoms with E-state index in [2.05, 4.69) is 10.1 Å². The molecule has 5 heteroatoms. The quantitative estimate of drug-likeness (QED) is 0.636. The van der Waals surface area contributed by atoms with E-state index in [-0.39, 0.29) is 0 Å². The lowest BCUT2D eigenvalue weighted by atomic mass is 10.2. The molecule has 1 aromatic carbocycles. The van der Waals surface area contributed by atoms with Crippen molar-refractivity contribution in [2.45, 2.75) is 0 Å². The minimum absolute atomic E-state index is 0.398. The highest BCUT2D eigenvalue weighted by atomic mass is 35.5. The summed E-state index contributed by atoms with van der Waals surface area (Å²) in [5, 5.41) is 3.57. The fourth-order valence-electron chi connectivity index (χ4n) is 1.19. The summed E-state index contributed by atoms with van der Waals surface area (Å²) in [6, 6.07) is 4.97. The molecule has 0 atom stereocenters. The molecule has 0 spiro atoms. The highest BCUT2D eigenvalue weighted by Crippen LogP contribution is 2.23. The number of hydrogen-bond acceptors (Lipinski definition) is 4. The topological polar surface area (TPSA) is 47.6 Å². The van der Waals surface area contributed by atoms with Gasteiger partial charge in [0.1, 0.15) is 0 Å². The van der Waals surface area contributed by atoms with Crippen molar-refractivity contribution in [1.82, 2.24) is 0 Å². The summed E-state index contributed by atoms with van der Waals surface area (Å²) in [6.07, 6.45) is 0. The van der Waals surface area contributed by atoms with Gasteiger partial charge < -0.3 is 14.8 Å². The lowest BCUT2D eigenvalue weighted by Gasteiger charge is -2.08. The molecular formula is C11H14ClNO3. The summed E-state index contributed by atoms with van der Waals surface area (Å²) in [7, 11) is 2.96. The van der Waals surface area contributed by atoms with Crippen LogP contribution in [0.4, 0.5) is 5.69 Å². The van der Waals surface area contributed by atoms with Crippen LogP contribution in [0, 0.1) is 0 Å². The van der Waals surface area contributed by atoms with Crippen molar-refractivity contribution in [3.8, 4) is 0 Å². The summed E-state index contributed by atoms with van der Waals surface area (Å²) in [6.45, 7) is 1.25. The van der Waals surface area contributed by atoms with Crippen LogP contribution in [-0.4, -0.2) is 33.3 Å². The number of nitrogens with one attached hydrogen (secondary N) is 1. The number of benzene rings is 1. The van der Waals surface area contributed by atoms with Crippen LogP contribution in [0.25, 0.3) is 0 Å². The average molecular weight is 244 g/mol. The molecule has 0 bridgehead atoms. The van der Waals surface area contributed by atoms with Crippen molar-refractivity contribution in [2.24, 2.45) is 0 Å². The van der Waals surface area contributed by atoms with Gasteiger partial charge in [-0.1, -0.05) is 11.6 Å². The highest BCUT2D eigenvalue weighted by molar-refractivity contribution is 6.33. The van der Waals surface area contributed by atoms with E-state index in [0.29, 0.717) is 23.7 Å². The van der Waals surface area contributed by atoms with Gasteiger partial charge in [-0.05, 0) is 18.2 Å². The predicted octanol–water partition coefficient (Wildman–Crippen LogP) is 2.18. The normalized spacial score (nSPS) is 9.94. The van der Waals surface area contributed by atoms with E-state index in [0.717, 1.165) is 5.69 Å². The zero-order valence-electron chi connectivity index (χ0n) is 9.25. The van der Waals surface area contributed by atoms with Crippen LogP contribution in [0.15, 0.2) is 18.2 Å². The number of carbonyl (C=O) groups excluding carboxylic acids is 1. The van der Waals surface area contributed by atoms with Crippen LogP contribution in [0.1, 0.15) is 10.4 Å². The van der Waals surface area contributed by atoms with Crippen molar-refractivity contribution in [3.63, 3.8) is 0 Å². The molecule has 16 heavy (non-hydrogen) atoms. The Morgan fingerprint density at radius 3 is 2.75 bits per heavy atom. The van der Waals surface area contributed by atoms with Gasteiger partial charge in [0.25, 0.3) is 0 Å². The maximum absolute atomic E-state index is 11.2. The van der Waals surface area contributed by atoms with Crippen molar-refractivity contribution in [2.75, 3.05) is 32.7 Å². The van der Waals surface area contributed by atoms with Gasteiger partial charge in [0.15, 0.2) is 0 Å². The van der Waals surface area contributed by atoms with Crippen molar-refractivity contribution >= 4 is 23.3 Å². The molecule has 0 unspecified atom stereocenters. The number of halogens is 1. The fraction of sp³-hybridized carbons (Fsp3) is 0.364. The second-order valence-corrected chi connectivity index (χ2v) is 3.51. The molecule has 0 aliphatic carbocycles. The molecule has 0 saturated carbocycles. The third kappa shape index (κ3) is 3.40. The number of methoxy groups -OCH3 is 2. The van der Waals surface area contributed by atoms with Gasteiger partial charge in [0, 0.05) is 13.7 Å². The lowest BCUT2D eigenvalue weighted by molar-refractivity contribution is 0.0601. The Morgan fingerprint density at radius 2 is 2.19 bits per heavy atom. The molecule has 0 aliphatic rings. The summed E-state index contributed by atoms with van der Waals surface area (Å²) < 4.78 is 9.49. The van der Waals surface area contributed by atoms with Crippen LogP contribution < -0.4 is 5.32 Å². The minimum Gasteiger partial charge on any atom is -0.465 e. The molecule has 0 aliphatic heterocycles. The Morgan fingerprint density at radius 1 is 1.44 bits per heavy atom. The zero-order valence-corrected chi connectivity index (χ0v) is 10.0. The van der Waals surface area contributed by atoms with E-state index in [1.807, 2.05) is 0 Å². The number of ether oxygens (including phenoxy) is 2. The fourth-order valence-corrected chi connectivity index (χ4v) is 1.44. The Kier molecular flexibility index (Phi) is 5.08. The molecule has 88 valence electrons. The molecule has 0 amide bonds. The molecule has 1 rings (SSSR count). The first-order valence-corrected chi connectivity index (χ1v) is 5.17. The molecule has 0 fully saturated rings. The highest BCUT2D eigenvalue weighted by Gasteiger charge is 2.08. The number of anilines is 1. The van der Waals surface area contributed by atoms with Crippen LogP contribution in [0.2, 0.25) is 5.02 Å². The molecule has 0 aromatic heterocycles. The van der Waals surface area contributed by atoms with Gasteiger partial charge in [0.2, 0.25) is 0 Å². The van der Waals surface area contributed by atoms with Crippen LogP contribution in [0.3, 0.4) is 0 Å². The van der Waals surface area contributed by atoms with Gasteiger partial charge in [-0.25, -0.2) is 4.79 Å². The monoisotopic (exact) mass is 243 g/mol. The Hall–Kier alpha value is -1.26. The largest absolute Gasteiger partial charge is 0.465 e. The molecule has 0 heterocycles.